The molecular formula is C9H12N2O. The monoisotopic (exact) mass is 164 g/mol. The molecule has 0 aromatic heterocycles. The molecule has 64 valence electrons. The van der Waals surface area contributed by atoms with E-state index < -0.39 is 0 Å². The van der Waals surface area contributed by atoms with Crippen molar-refractivity contribution in [2.45, 2.75) is 5.92 Å². The van der Waals surface area contributed by atoms with Gasteiger partial charge in [0.15, 0.2) is 0 Å². The van der Waals surface area contributed by atoms with E-state index in [0.717, 1.165) is 18.9 Å². The lowest BCUT2D eigenvalue weighted by atomic mass is 10.0. The van der Waals surface area contributed by atoms with Gasteiger partial charge in [-0.15, -0.1) is 0 Å². The average molecular weight is 164 g/mol. The van der Waals surface area contributed by atoms with E-state index in [4.69, 9.17) is 10.6 Å². The first kappa shape index (κ1) is 7.58. The van der Waals surface area contributed by atoms with Crippen molar-refractivity contribution in [1.82, 2.24) is 5.43 Å². The molecule has 3 nitrogen and oxygen atoms in total. The van der Waals surface area contributed by atoms with Crippen LogP contribution in [0, 0.1) is 0 Å². The molecule has 1 heterocycles. The molecule has 2 rings (SSSR count). The van der Waals surface area contributed by atoms with Crippen LogP contribution in [0.2, 0.25) is 0 Å². The molecule has 1 aromatic carbocycles. The molecule has 0 bridgehead atoms. The molecular weight excluding hydrogens is 152 g/mol. The molecule has 0 saturated carbocycles. The molecule has 1 unspecified atom stereocenters. The molecule has 1 aliphatic heterocycles. The van der Waals surface area contributed by atoms with Crippen LogP contribution < -0.4 is 16.0 Å². The van der Waals surface area contributed by atoms with Gasteiger partial charge in [-0.05, 0) is 6.07 Å². The van der Waals surface area contributed by atoms with Crippen LogP contribution in [0.4, 0.5) is 0 Å². The number of ether oxygens (including phenoxy) is 1. The van der Waals surface area contributed by atoms with Gasteiger partial charge in [0.05, 0.1) is 6.61 Å². The number of benzene rings is 1. The van der Waals surface area contributed by atoms with E-state index >= 15 is 0 Å². The van der Waals surface area contributed by atoms with Crippen LogP contribution in [0.25, 0.3) is 0 Å². The zero-order valence-corrected chi connectivity index (χ0v) is 6.79. The molecule has 0 amide bonds. The lowest BCUT2D eigenvalue weighted by Crippen LogP contribution is -2.28. The summed E-state index contributed by atoms with van der Waals surface area (Å²) < 4.78 is 5.47. The standard InChI is InChI=1S/C9H12N2O/c10-11-5-7-6-12-9-4-2-1-3-8(7)9/h1-4,7,11H,5-6,10H2. The molecule has 0 saturated heterocycles. The summed E-state index contributed by atoms with van der Waals surface area (Å²) in [5, 5.41) is 0. The van der Waals surface area contributed by atoms with Crippen molar-refractivity contribution >= 4 is 0 Å². The number of nitrogens with one attached hydrogen (secondary N) is 1. The van der Waals surface area contributed by atoms with Gasteiger partial charge >= 0.3 is 0 Å². The molecule has 1 aliphatic rings. The molecule has 0 radical (unpaired) electrons. The fraction of sp³-hybridized carbons (Fsp3) is 0.333. The first-order valence-electron chi connectivity index (χ1n) is 4.07. The number of hydrogen-bond acceptors (Lipinski definition) is 3. The Labute approximate surface area is 71.5 Å². The van der Waals surface area contributed by atoms with Gasteiger partial charge in [-0.3, -0.25) is 11.3 Å². The quantitative estimate of drug-likeness (QED) is 0.497. The van der Waals surface area contributed by atoms with Gasteiger partial charge in [-0.1, -0.05) is 18.2 Å². The van der Waals surface area contributed by atoms with E-state index in [1.165, 1.54) is 5.56 Å². The van der Waals surface area contributed by atoms with Crippen molar-refractivity contribution in [3.8, 4) is 5.75 Å². The number of para-hydroxylation sites is 1. The highest BCUT2D eigenvalue weighted by atomic mass is 16.5. The number of nitrogens with two attached hydrogens (primary N) is 1. The van der Waals surface area contributed by atoms with Crippen molar-refractivity contribution < 1.29 is 4.74 Å². The van der Waals surface area contributed by atoms with E-state index in [0.29, 0.717) is 5.92 Å². The maximum Gasteiger partial charge on any atom is 0.122 e. The summed E-state index contributed by atoms with van der Waals surface area (Å²) >= 11 is 0. The van der Waals surface area contributed by atoms with Crippen molar-refractivity contribution in [3.05, 3.63) is 29.8 Å². The first-order chi connectivity index (χ1) is 5.92. The van der Waals surface area contributed by atoms with Crippen LogP contribution in [0.15, 0.2) is 24.3 Å². The van der Waals surface area contributed by atoms with E-state index in [2.05, 4.69) is 11.5 Å². The van der Waals surface area contributed by atoms with Crippen LogP contribution >= 0.6 is 0 Å². The molecule has 1 atom stereocenters. The first-order valence-corrected chi connectivity index (χ1v) is 4.07. The minimum atomic E-state index is 0.409. The van der Waals surface area contributed by atoms with Crippen molar-refractivity contribution in [2.24, 2.45) is 5.84 Å². The van der Waals surface area contributed by atoms with Crippen molar-refractivity contribution in [3.63, 3.8) is 0 Å². The van der Waals surface area contributed by atoms with Crippen LogP contribution in [0.3, 0.4) is 0 Å². The molecule has 3 N–H and O–H groups in total. The number of rotatable bonds is 2. The van der Waals surface area contributed by atoms with Crippen LogP contribution in [-0.4, -0.2) is 13.2 Å². The van der Waals surface area contributed by atoms with Gasteiger partial charge in [0.2, 0.25) is 0 Å². The number of hydrogen-bond donors (Lipinski definition) is 2. The highest BCUT2D eigenvalue weighted by Crippen LogP contribution is 2.32. The Morgan fingerprint density at radius 2 is 2.33 bits per heavy atom. The van der Waals surface area contributed by atoms with Crippen molar-refractivity contribution in [2.75, 3.05) is 13.2 Å². The Hall–Kier alpha value is -1.06. The highest BCUT2D eigenvalue weighted by Gasteiger charge is 2.22. The Morgan fingerprint density at radius 3 is 3.17 bits per heavy atom. The topological polar surface area (TPSA) is 47.3 Å². The molecule has 1 aromatic rings. The van der Waals surface area contributed by atoms with E-state index in [1.807, 2.05) is 18.2 Å². The Balaban J connectivity index is 2.24. The minimum Gasteiger partial charge on any atom is -0.493 e. The van der Waals surface area contributed by atoms with E-state index in [1.54, 1.807) is 0 Å². The van der Waals surface area contributed by atoms with Gasteiger partial charge in [-0.2, -0.15) is 0 Å². The van der Waals surface area contributed by atoms with Gasteiger partial charge in [-0.25, -0.2) is 0 Å². The molecule has 0 fully saturated rings. The van der Waals surface area contributed by atoms with Gasteiger partial charge in [0.25, 0.3) is 0 Å². The lowest BCUT2D eigenvalue weighted by Gasteiger charge is -2.05. The van der Waals surface area contributed by atoms with E-state index in [9.17, 15) is 0 Å². The lowest BCUT2D eigenvalue weighted by molar-refractivity contribution is 0.327. The molecule has 12 heavy (non-hydrogen) atoms. The zero-order valence-electron chi connectivity index (χ0n) is 6.79. The van der Waals surface area contributed by atoms with Crippen LogP contribution in [0.5, 0.6) is 5.75 Å². The predicted octanol–water partition coefficient (Wildman–Crippen LogP) is 0.626. The zero-order chi connectivity index (χ0) is 8.39. The summed E-state index contributed by atoms with van der Waals surface area (Å²) in [6, 6.07) is 8.09. The van der Waals surface area contributed by atoms with Crippen molar-refractivity contribution in [1.29, 1.82) is 0 Å². The third-order valence-corrected chi connectivity index (χ3v) is 2.16. The molecule has 3 heteroatoms. The number of hydrazine groups is 1. The maximum absolute atomic E-state index is 5.47. The third kappa shape index (κ3) is 1.17. The largest absolute Gasteiger partial charge is 0.493 e. The van der Waals surface area contributed by atoms with E-state index in [-0.39, 0.29) is 0 Å². The summed E-state index contributed by atoms with van der Waals surface area (Å²) in [5.41, 5.74) is 3.93. The van der Waals surface area contributed by atoms with Crippen LogP contribution in [0.1, 0.15) is 11.5 Å². The number of fused-ring (bicyclic) bond motifs is 1. The average Bonchev–Trinajstić information content (AvgIpc) is 2.50. The summed E-state index contributed by atoms with van der Waals surface area (Å²) in [5.74, 6) is 6.67. The van der Waals surface area contributed by atoms with Gasteiger partial charge < -0.3 is 4.74 Å². The Bertz CT molecular complexity index is 273. The van der Waals surface area contributed by atoms with Gasteiger partial charge in [0, 0.05) is 18.0 Å². The van der Waals surface area contributed by atoms with Gasteiger partial charge in [0.1, 0.15) is 5.75 Å². The molecule has 0 spiro atoms. The fourth-order valence-electron chi connectivity index (χ4n) is 1.54. The third-order valence-electron chi connectivity index (χ3n) is 2.16. The Kier molecular flexibility index (Phi) is 1.98. The fourth-order valence-corrected chi connectivity index (χ4v) is 1.54. The summed E-state index contributed by atoms with van der Waals surface area (Å²) in [6.45, 7) is 1.51. The summed E-state index contributed by atoms with van der Waals surface area (Å²) in [4.78, 5) is 0. The Morgan fingerprint density at radius 1 is 1.50 bits per heavy atom. The highest BCUT2D eigenvalue weighted by molar-refractivity contribution is 5.39. The summed E-state index contributed by atoms with van der Waals surface area (Å²) in [6.07, 6.45) is 0. The summed E-state index contributed by atoms with van der Waals surface area (Å²) in [7, 11) is 0. The second kappa shape index (κ2) is 3.13. The normalized spacial score (nSPS) is 20.2. The predicted molar refractivity (Wildman–Crippen MR) is 46.9 cm³/mol. The molecule has 0 aliphatic carbocycles. The second-order valence-electron chi connectivity index (χ2n) is 2.95. The smallest absolute Gasteiger partial charge is 0.122 e. The second-order valence-corrected chi connectivity index (χ2v) is 2.95. The SMILES string of the molecule is NNCC1COc2ccccc21. The minimum absolute atomic E-state index is 0.409. The maximum atomic E-state index is 5.47. The van der Waals surface area contributed by atoms with Crippen LogP contribution in [-0.2, 0) is 0 Å².